The third-order valence-electron chi connectivity index (χ3n) is 3.22. The van der Waals surface area contributed by atoms with Crippen LogP contribution in [0.2, 0.25) is 0 Å². The highest BCUT2D eigenvalue weighted by Gasteiger charge is 2.09. The number of halogens is 1. The average Bonchev–Trinajstić information content (AvgIpc) is 2.96. The van der Waals surface area contributed by atoms with E-state index in [1.54, 1.807) is 23.5 Å². The van der Waals surface area contributed by atoms with Crippen molar-refractivity contribution in [3.8, 4) is 22.5 Å². The maximum absolute atomic E-state index is 13.0. The molecule has 0 spiro atoms. The molecule has 0 fully saturated rings. The van der Waals surface area contributed by atoms with Gasteiger partial charge in [-0.1, -0.05) is 0 Å². The molecular weight excluding hydrogens is 285 g/mol. The van der Waals surface area contributed by atoms with Crippen molar-refractivity contribution in [3.63, 3.8) is 0 Å². The van der Waals surface area contributed by atoms with Gasteiger partial charge in [0.1, 0.15) is 5.82 Å². The molecule has 2 aromatic heterocycles. The number of benzene rings is 1. The van der Waals surface area contributed by atoms with E-state index in [9.17, 15) is 4.39 Å². The largest absolute Gasteiger partial charge is 0.365 e. The Morgan fingerprint density at radius 3 is 2.38 bits per heavy atom. The molecule has 0 aliphatic rings. The van der Waals surface area contributed by atoms with Gasteiger partial charge in [0.25, 0.3) is 0 Å². The first-order valence-electron chi connectivity index (χ1n) is 6.54. The van der Waals surface area contributed by atoms with Crippen molar-refractivity contribution in [1.82, 2.24) is 9.97 Å². The second kappa shape index (κ2) is 5.61. The van der Waals surface area contributed by atoms with Crippen molar-refractivity contribution in [1.29, 1.82) is 0 Å². The predicted molar refractivity (Wildman–Crippen MR) is 85.0 cm³/mol. The molecule has 0 saturated carbocycles. The fourth-order valence-electron chi connectivity index (χ4n) is 2.13. The van der Waals surface area contributed by atoms with Crippen LogP contribution in [0.15, 0.2) is 41.8 Å². The fourth-order valence-corrected chi connectivity index (χ4v) is 2.80. The molecule has 1 N–H and O–H groups in total. The minimum atomic E-state index is -0.242. The highest BCUT2D eigenvalue weighted by molar-refractivity contribution is 7.14. The summed E-state index contributed by atoms with van der Waals surface area (Å²) in [4.78, 5) is 9.10. The van der Waals surface area contributed by atoms with Gasteiger partial charge < -0.3 is 5.32 Å². The first-order chi connectivity index (χ1) is 10.2. The molecule has 21 heavy (non-hydrogen) atoms. The number of nitrogens with zero attached hydrogens (tertiary/aromatic N) is 2. The number of rotatable bonds is 3. The number of aryl methyl sites for hydroxylation is 1. The molecule has 3 aromatic rings. The van der Waals surface area contributed by atoms with Crippen LogP contribution in [-0.4, -0.2) is 17.0 Å². The second-order valence-corrected chi connectivity index (χ2v) is 5.48. The van der Waals surface area contributed by atoms with E-state index >= 15 is 0 Å². The summed E-state index contributed by atoms with van der Waals surface area (Å²) in [5.74, 6) is -0.242. The number of aromatic nitrogens is 2. The summed E-state index contributed by atoms with van der Waals surface area (Å²) in [5.41, 5.74) is 4.57. The van der Waals surface area contributed by atoms with Gasteiger partial charge in [-0.25, -0.2) is 9.37 Å². The molecule has 3 nitrogen and oxygen atoms in total. The van der Waals surface area contributed by atoms with E-state index in [1.807, 2.05) is 31.5 Å². The van der Waals surface area contributed by atoms with Gasteiger partial charge in [-0.05, 0) is 43.3 Å². The van der Waals surface area contributed by atoms with Crippen molar-refractivity contribution in [2.75, 3.05) is 12.4 Å². The van der Waals surface area contributed by atoms with Crippen molar-refractivity contribution >= 4 is 16.5 Å². The topological polar surface area (TPSA) is 37.8 Å². The highest BCUT2D eigenvalue weighted by atomic mass is 32.1. The lowest BCUT2D eigenvalue weighted by Gasteiger charge is -2.06. The van der Waals surface area contributed by atoms with E-state index in [0.29, 0.717) is 0 Å². The zero-order valence-corrected chi connectivity index (χ0v) is 12.5. The molecule has 106 valence electrons. The molecule has 1 aromatic carbocycles. The van der Waals surface area contributed by atoms with Crippen LogP contribution in [0.5, 0.6) is 0 Å². The summed E-state index contributed by atoms with van der Waals surface area (Å²) in [6, 6.07) is 10.3. The number of thiazole rings is 1. The van der Waals surface area contributed by atoms with E-state index < -0.39 is 0 Å². The minimum absolute atomic E-state index is 0.242. The summed E-state index contributed by atoms with van der Waals surface area (Å²) >= 11 is 1.56. The van der Waals surface area contributed by atoms with Gasteiger partial charge in [-0.2, -0.15) is 0 Å². The minimum Gasteiger partial charge on any atom is -0.365 e. The molecule has 0 aliphatic heterocycles. The number of hydrogen-bond donors (Lipinski definition) is 1. The van der Waals surface area contributed by atoms with E-state index in [2.05, 4.69) is 15.3 Å². The van der Waals surface area contributed by atoms with Gasteiger partial charge >= 0.3 is 0 Å². The van der Waals surface area contributed by atoms with Crippen molar-refractivity contribution in [2.24, 2.45) is 0 Å². The summed E-state index contributed by atoms with van der Waals surface area (Å²) in [6.07, 6.45) is 0. The number of nitrogens with one attached hydrogen (secondary N) is 1. The maximum atomic E-state index is 13.0. The monoisotopic (exact) mass is 299 g/mol. The van der Waals surface area contributed by atoms with Crippen LogP contribution in [0.25, 0.3) is 22.5 Å². The maximum Gasteiger partial charge on any atom is 0.182 e. The van der Waals surface area contributed by atoms with Crippen LogP contribution in [0.3, 0.4) is 0 Å². The van der Waals surface area contributed by atoms with E-state index in [4.69, 9.17) is 0 Å². The zero-order valence-electron chi connectivity index (χ0n) is 11.7. The standard InChI is InChI=1S/C16H14FN3S/c1-10-13(15-9-21-16(18-2)20-15)7-8-14(19-10)11-3-5-12(17)6-4-11/h3-9H,1-2H3,(H,18,20). The molecule has 0 bridgehead atoms. The van der Waals surface area contributed by atoms with Crippen LogP contribution in [0.1, 0.15) is 5.69 Å². The van der Waals surface area contributed by atoms with Gasteiger partial charge in [0.05, 0.1) is 11.4 Å². The summed E-state index contributed by atoms with van der Waals surface area (Å²) in [6.45, 7) is 1.96. The van der Waals surface area contributed by atoms with Gasteiger partial charge in [-0.15, -0.1) is 11.3 Å². The Balaban J connectivity index is 1.97. The average molecular weight is 299 g/mol. The molecule has 3 rings (SSSR count). The Hall–Kier alpha value is -2.27. The van der Waals surface area contributed by atoms with E-state index in [-0.39, 0.29) is 5.82 Å². The second-order valence-electron chi connectivity index (χ2n) is 4.62. The third kappa shape index (κ3) is 2.78. The van der Waals surface area contributed by atoms with E-state index in [0.717, 1.165) is 33.3 Å². The predicted octanol–water partition coefficient (Wildman–Crippen LogP) is 4.36. The summed E-state index contributed by atoms with van der Waals surface area (Å²) in [5, 5.41) is 5.92. The first-order valence-corrected chi connectivity index (χ1v) is 7.42. The van der Waals surface area contributed by atoms with Crippen LogP contribution < -0.4 is 5.32 Å². The Morgan fingerprint density at radius 1 is 1.00 bits per heavy atom. The lowest BCUT2D eigenvalue weighted by Crippen LogP contribution is -1.92. The molecular formula is C16H14FN3S. The van der Waals surface area contributed by atoms with Crippen LogP contribution >= 0.6 is 11.3 Å². The smallest absolute Gasteiger partial charge is 0.182 e. The Kier molecular flexibility index (Phi) is 3.66. The molecule has 0 unspecified atom stereocenters. The molecule has 0 atom stereocenters. The lowest BCUT2D eigenvalue weighted by molar-refractivity contribution is 0.628. The van der Waals surface area contributed by atoms with Gasteiger partial charge in [0.15, 0.2) is 5.13 Å². The fraction of sp³-hybridized carbons (Fsp3) is 0.125. The first kappa shape index (κ1) is 13.7. The molecule has 0 saturated heterocycles. The lowest BCUT2D eigenvalue weighted by atomic mass is 10.1. The van der Waals surface area contributed by atoms with Gasteiger partial charge in [0.2, 0.25) is 0 Å². The Bertz CT molecular complexity index is 765. The quantitative estimate of drug-likeness (QED) is 0.780. The molecule has 5 heteroatoms. The van der Waals surface area contributed by atoms with Gasteiger partial charge in [-0.3, -0.25) is 4.98 Å². The van der Waals surface area contributed by atoms with Crippen molar-refractivity contribution in [3.05, 3.63) is 53.3 Å². The van der Waals surface area contributed by atoms with Gasteiger partial charge in [0, 0.05) is 29.2 Å². The summed E-state index contributed by atoms with van der Waals surface area (Å²) < 4.78 is 13.0. The van der Waals surface area contributed by atoms with Crippen molar-refractivity contribution in [2.45, 2.75) is 6.92 Å². The SMILES string of the molecule is CNc1nc(-c2ccc(-c3ccc(F)cc3)nc2C)cs1. The molecule has 2 heterocycles. The van der Waals surface area contributed by atoms with Crippen molar-refractivity contribution < 1.29 is 4.39 Å². The Morgan fingerprint density at radius 2 is 1.76 bits per heavy atom. The molecule has 0 amide bonds. The number of hydrogen-bond acceptors (Lipinski definition) is 4. The summed E-state index contributed by atoms with van der Waals surface area (Å²) in [7, 11) is 1.85. The highest BCUT2D eigenvalue weighted by Crippen LogP contribution is 2.28. The zero-order chi connectivity index (χ0) is 14.8. The van der Waals surface area contributed by atoms with Crippen LogP contribution in [-0.2, 0) is 0 Å². The van der Waals surface area contributed by atoms with Crippen LogP contribution in [0.4, 0.5) is 9.52 Å². The normalized spacial score (nSPS) is 10.6. The third-order valence-corrected chi connectivity index (χ3v) is 4.08. The van der Waals surface area contributed by atoms with Crippen LogP contribution in [0, 0.1) is 12.7 Å². The number of anilines is 1. The molecule has 0 radical (unpaired) electrons. The Labute approximate surface area is 126 Å². The number of pyridine rings is 1. The molecule has 0 aliphatic carbocycles. The van der Waals surface area contributed by atoms with E-state index in [1.165, 1.54) is 12.1 Å².